The molecule has 0 aromatic heterocycles. The van der Waals surface area contributed by atoms with Gasteiger partial charge in [-0.2, -0.15) is 0 Å². The van der Waals surface area contributed by atoms with Gasteiger partial charge in [0, 0.05) is 18.3 Å². The third kappa shape index (κ3) is 1.83. The highest BCUT2D eigenvalue weighted by molar-refractivity contribution is 5.01. The molecule has 1 atom stereocenters. The van der Waals surface area contributed by atoms with Crippen LogP contribution >= 0.6 is 0 Å². The maximum absolute atomic E-state index is 12.9. The second-order valence-corrected chi connectivity index (χ2v) is 4.53. The van der Waals surface area contributed by atoms with Crippen molar-refractivity contribution in [3.8, 4) is 0 Å². The van der Waals surface area contributed by atoms with E-state index >= 15 is 0 Å². The van der Waals surface area contributed by atoms with Crippen molar-refractivity contribution in [1.82, 2.24) is 0 Å². The van der Waals surface area contributed by atoms with Gasteiger partial charge in [0.05, 0.1) is 12.2 Å². The topological polar surface area (TPSA) is 40.5 Å². The minimum Gasteiger partial charge on any atom is -0.396 e. The van der Waals surface area contributed by atoms with E-state index in [2.05, 4.69) is 0 Å². The fourth-order valence-electron chi connectivity index (χ4n) is 1.94. The van der Waals surface area contributed by atoms with E-state index in [0.29, 0.717) is 0 Å². The molecule has 0 saturated heterocycles. The second kappa shape index (κ2) is 2.89. The average Bonchev–Trinajstić information content (AvgIpc) is 2.26. The number of rotatable bonds is 2. The van der Waals surface area contributed by atoms with E-state index in [-0.39, 0.29) is 19.4 Å². The van der Waals surface area contributed by atoms with Crippen LogP contribution in [0, 0.1) is 5.41 Å². The smallest absolute Gasteiger partial charge is 0.248 e. The lowest BCUT2D eigenvalue weighted by atomic mass is 9.73. The largest absolute Gasteiger partial charge is 0.396 e. The first-order valence-electron chi connectivity index (χ1n) is 4.44. The van der Waals surface area contributed by atoms with Crippen LogP contribution in [0.2, 0.25) is 0 Å². The molecule has 1 unspecified atom stereocenters. The van der Waals surface area contributed by atoms with Gasteiger partial charge in [0.25, 0.3) is 0 Å². The summed E-state index contributed by atoms with van der Waals surface area (Å²) in [6.07, 6.45) is -0.475. The quantitative estimate of drug-likeness (QED) is 0.700. The number of hydrogen-bond acceptors (Lipinski definition) is 2. The molecule has 0 radical (unpaired) electrons. The van der Waals surface area contributed by atoms with Crippen LogP contribution in [0.25, 0.3) is 0 Å². The Labute approximate surface area is 76.6 Å². The fourth-order valence-corrected chi connectivity index (χ4v) is 1.94. The van der Waals surface area contributed by atoms with E-state index in [4.69, 9.17) is 5.11 Å². The molecule has 1 aliphatic rings. The maximum atomic E-state index is 12.9. The summed E-state index contributed by atoms with van der Waals surface area (Å²) in [5.41, 5.74) is -2.28. The number of alkyl halides is 2. The van der Waals surface area contributed by atoms with Gasteiger partial charge in [0.1, 0.15) is 0 Å². The Morgan fingerprint density at radius 2 is 1.85 bits per heavy atom. The molecule has 1 aliphatic carbocycles. The second-order valence-electron chi connectivity index (χ2n) is 4.53. The van der Waals surface area contributed by atoms with E-state index in [0.717, 1.165) is 0 Å². The molecule has 13 heavy (non-hydrogen) atoms. The highest BCUT2D eigenvalue weighted by Crippen LogP contribution is 2.52. The van der Waals surface area contributed by atoms with Crippen molar-refractivity contribution >= 4 is 0 Å². The maximum Gasteiger partial charge on any atom is 0.248 e. The Morgan fingerprint density at radius 3 is 2.00 bits per heavy atom. The summed E-state index contributed by atoms with van der Waals surface area (Å²) in [5.74, 6) is -2.73. The van der Waals surface area contributed by atoms with Crippen LogP contribution in [-0.2, 0) is 0 Å². The first kappa shape index (κ1) is 10.9. The lowest BCUT2D eigenvalue weighted by Gasteiger charge is -2.38. The minimum atomic E-state index is -2.73. The first-order valence-corrected chi connectivity index (χ1v) is 4.44. The van der Waals surface area contributed by atoms with Gasteiger partial charge in [-0.25, -0.2) is 8.78 Å². The van der Waals surface area contributed by atoms with Gasteiger partial charge >= 0.3 is 0 Å². The summed E-state index contributed by atoms with van der Waals surface area (Å²) in [6.45, 7) is 2.57. The van der Waals surface area contributed by atoms with Crippen molar-refractivity contribution in [1.29, 1.82) is 0 Å². The van der Waals surface area contributed by atoms with Gasteiger partial charge < -0.3 is 10.2 Å². The van der Waals surface area contributed by atoms with Crippen LogP contribution in [0.3, 0.4) is 0 Å². The highest BCUT2D eigenvalue weighted by Gasteiger charge is 2.55. The van der Waals surface area contributed by atoms with E-state index in [1.165, 1.54) is 13.8 Å². The van der Waals surface area contributed by atoms with Crippen LogP contribution in [-0.4, -0.2) is 28.3 Å². The Balaban J connectivity index is 2.87. The van der Waals surface area contributed by atoms with Crippen molar-refractivity contribution in [2.24, 2.45) is 5.41 Å². The summed E-state index contributed by atoms with van der Waals surface area (Å²) >= 11 is 0. The summed E-state index contributed by atoms with van der Waals surface area (Å²) in [4.78, 5) is 0. The third-order valence-electron chi connectivity index (χ3n) is 3.17. The van der Waals surface area contributed by atoms with Gasteiger partial charge in [-0.1, -0.05) is 0 Å². The molecule has 0 spiro atoms. The van der Waals surface area contributed by atoms with Gasteiger partial charge in [0.15, 0.2) is 0 Å². The molecule has 0 aliphatic heterocycles. The molecule has 0 aromatic carbocycles. The minimum absolute atomic E-state index is 0.181. The third-order valence-corrected chi connectivity index (χ3v) is 3.17. The van der Waals surface area contributed by atoms with E-state index < -0.39 is 23.4 Å². The molecular formula is C9H16F2O2. The molecule has 1 saturated carbocycles. The predicted octanol–water partition coefficient (Wildman–Crippen LogP) is 1.56. The van der Waals surface area contributed by atoms with E-state index in [1.54, 1.807) is 0 Å². The van der Waals surface area contributed by atoms with E-state index in [9.17, 15) is 13.9 Å². The molecule has 1 fully saturated rings. The molecule has 0 aromatic rings. The molecule has 2 nitrogen and oxygen atoms in total. The Bertz CT molecular complexity index is 198. The average molecular weight is 194 g/mol. The van der Waals surface area contributed by atoms with Crippen LogP contribution < -0.4 is 0 Å². The zero-order valence-electron chi connectivity index (χ0n) is 7.98. The highest BCUT2D eigenvalue weighted by atomic mass is 19.3. The summed E-state index contributed by atoms with van der Waals surface area (Å²) in [6, 6.07) is 0. The number of halogens is 2. The fraction of sp³-hybridized carbons (Fsp3) is 1.00. The van der Waals surface area contributed by atoms with Crippen LogP contribution in [0.4, 0.5) is 8.78 Å². The van der Waals surface area contributed by atoms with Crippen LogP contribution in [0.1, 0.15) is 33.1 Å². The summed E-state index contributed by atoms with van der Waals surface area (Å²) < 4.78 is 25.9. The molecule has 2 N–H and O–H groups in total. The van der Waals surface area contributed by atoms with Crippen molar-refractivity contribution in [2.45, 2.75) is 44.6 Å². The zero-order valence-corrected chi connectivity index (χ0v) is 7.98. The van der Waals surface area contributed by atoms with Gasteiger partial charge in [-0.3, -0.25) is 0 Å². The zero-order chi connectivity index (χ0) is 10.3. The summed E-state index contributed by atoms with van der Waals surface area (Å²) in [5, 5.41) is 18.8. The molecule has 0 amide bonds. The Hall–Kier alpha value is -0.220. The number of aliphatic hydroxyl groups excluding tert-OH is 1. The summed E-state index contributed by atoms with van der Waals surface area (Å²) in [7, 11) is 0. The van der Waals surface area contributed by atoms with Crippen LogP contribution in [0.5, 0.6) is 0 Å². The van der Waals surface area contributed by atoms with Gasteiger partial charge in [-0.15, -0.1) is 0 Å². The van der Waals surface area contributed by atoms with Gasteiger partial charge in [-0.05, 0) is 20.3 Å². The van der Waals surface area contributed by atoms with Crippen molar-refractivity contribution in [2.75, 3.05) is 6.61 Å². The molecule has 0 bridgehead atoms. The Kier molecular flexibility index (Phi) is 2.41. The number of aliphatic hydroxyl groups is 2. The monoisotopic (exact) mass is 194 g/mol. The normalized spacial score (nSPS) is 33.7. The SMILES string of the molecule is CC(C)(O)C1(CO)CCC(F)(F)C1. The predicted molar refractivity (Wildman–Crippen MR) is 44.6 cm³/mol. The van der Waals surface area contributed by atoms with Crippen molar-refractivity contribution in [3.05, 3.63) is 0 Å². The Morgan fingerprint density at radius 1 is 1.31 bits per heavy atom. The van der Waals surface area contributed by atoms with Crippen molar-refractivity contribution in [3.63, 3.8) is 0 Å². The number of hydrogen-bond donors (Lipinski definition) is 2. The molecular weight excluding hydrogens is 178 g/mol. The van der Waals surface area contributed by atoms with Crippen LogP contribution in [0.15, 0.2) is 0 Å². The standard InChI is InChI=1S/C9H16F2O2/c1-7(2,13)8(6-12)3-4-9(10,11)5-8/h12-13H,3-6H2,1-2H3. The first-order chi connectivity index (χ1) is 5.72. The lowest BCUT2D eigenvalue weighted by Crippen LogP contribution is -2.45. The molecule has 0 heterocycles. The molecule has 1 rings (SSSR count). The van der Waals surface area contributed by atoms with E-state index in [1.807, 2.05) is 0 Å². The van der Waals surface area contributed by atoms with Gasteiger partial charge in [0.2, 0.25) is 5.92 Å². The molecule has 78 valence electrons. The molecule has 4 heteroatoms. The lowest BCUT2D eigenvalue weighted by molar-refractivity contribution is -0.102. The van der Waals surface area contributed by atoms with Crippen molar-refractivity contribution < 1.29 is 19.0 Å².